The predicted molar refractivity (Wildman–Crippen MR) is 139 cm³/mol. The van der Waals surface area contributed by atoms with Crippen LogP contribution in [-0.2, 0) is 0 Å². The Morgan fingerprint density at radius 3 is 2.79 bits per heavy atom. The molecule has 5 unspecified atom stereocenters. The van der Waals surface area contributed by atoms with Gasteiger partial charge in [0.1, 0.15) is 5.69 Å². The van der Waals surface area contributed by atoms with Crippen LogP contribution in [0.2, 0.25) is 0 Å². The van der Waals surface area contributed by atoms with Gasteiger partial charge in [-0.05, 0) is 73.4 Å². The maximum absolute atomic E-state index is 12.8. The van der Waals surface area contributed by atoms with Gasteiger partial charge in [0.15, 0.2) is 0 Å². The number of hydroxylamine groups is 1. The molecule has 0 amide bonds. The standard InChI is InChI=1S/C29H32N2OS/c1-19-8-4-3-5-10-25(19)31-15-14-21-17-23(27(30(2)32)18-26(21)31)20-12-13-29-24(16-20)22-9-6-7-11-28(22)33-29/h3,5-6,9,12-19,22,25,28,30H,4,7-8,10-11H2,1-2H3. The van der Waals surface area contributed by atoms with E-state index in [-0.39, 0.29) is 5.06 Å². The van der Waals surface area contributed by atoms with Gasteiger partial charge in [0.25, 0.3) is 0 Å². The van der Waals surface area contributed by atoms with Gasteiger partial charge in [0, 0.05) is 45.3 Å². The van der Waals surface area contributed by atoms with Crippen LogP contribution in [0.15, 0.2) is 71.8 Å². The van der Waals surface area contributed by atoms with Crippen molar-refractivity contribution in [1.29, 1.82) is 0 Å². The molecule has 2 aliphatic carbocycles. The Labute approximate surface area is 200 Å². The van der Waals surface area contributed by atoms with Crippen LogP contribution in [-0.4, -0.2) is 16.9 Å². The summed E-state index contributed by atoms with van der Waals surface area (Å²) in [4.78, 5) is 1.41. The van der Waals surface area contributed by atoms with Crippen molar-refractivity contribution in [3.05, 3.63) is 77.7 Å². The van der Waals surface area contributed by atoms with Gasteiger partial charge in [-0.3, -0.25) is 0 Å². The van der Waals surface area contributed by atoms with Gasteiger partial charge in [-0.1, -0.05) is 37.3 Å². The van der Waals surface area contributed by atoms with Crippen molar-refractivity contribution >= 4 is 28.4 Å². The minimum atomic E-state index is 0.138. The van der Waals surface area contributed by atoms with Gasteiger partial charge >= 0.3 is 0 Å². The zero-order valence-electron chi connectivity index (χ0n) is 19.5. The van der Waals surface area contributed by atoms with Crippen molar-refractivity contribution < 1.29 is 5.06 Å². The van der Waals surface area contributed by atoms with E-state index in [1.165, 1.54) is 46.2 Å². The van der Waals surface area contributed by atoms with E-state index in [4.69, 9.17) is 0 Å². The van der Waals surface area contributed by atoms with E-state index < -0.39 is 0 Å². The number of fused-ring (bicyclic) bond motifs is 4. The average molecular weight is 457 g/mol. The van der Waals surface area contributed by atoms with Crippen LogP contribution >= 0.6 is 11.8 Å². The minimum absolute atomic E-state index is 0.138. The maximum Gasteiger partial charge on any atom is 0.141 e. The van der Waals surface area contributed by atoms with Crippen LogP contribution in [0.4, 0.5) is 5.69 Å². The molecule has 3 aromatic rings. The van der Waals surface area contributed by atoms with E-state index in [1.54, 1.807) is 7.05 Å². The van der Waals surface area contributed by atoms with Gasteiger partial charge < -0.3 is 14.8 Å². The maximum atomic E-state index is 12.8. The molecule has 170 valence electrons. The van der Waals surface area contributed by atoms with E-state index >= 15 is 0 Å². The number of aromatic nitrogens is 1. The van der Waals surface area contributed by atoms with Gasteiger partial charge in [-0.2, -0.15) is 0 Å². The Hall–Kier alpha value is -2.27. The summed E-state index contributed by atoms with van der Waals surface area (Å²) in [6.45, 7) is 2.36. The van der Waals surface area contributed by atoms with Crippen LogP contribution in [0, 0.1) is 11.1 Å². The van der Waals surface area contributed by atoms with Crippen LogP contribution in [0.5, 0.6) is 0 Å². The Bertz CT molecular complexity index is 1250. The highest BCUT2D eigenvalue weighted by Gasteiger charge is 2.33. The first-order valence-corrected chi connectivity index (χ1v) is 13.3. The fourth-order valence-corrected chi connectivity index (χ4v) is 7.48. The highest BCUT2D eigenvalue weighted by molar-refractivity contribution is 8.00. The van der Waals surface area contributed by atoms with E-state index in [9.17, 15) is 5.21 Å². The lowest BCUT2D eigenvalue weighted by molar-refractivity contribution is -0.750. The summed E-state index contributed by atoms with van der Waals surface area (Å²) < 4.78 is 2.42. The third-order valence-corrected chi connectivity index (χ3v) is 9.36. The summed E-state index contributed by atoms with van der Waals surface area (Å²) in [5, 5.41) is 14.9. The number of hydrogen-bond donors (Lipinski definition) is 1. The summed E-state index contributed by atoms with van der Waals surface area (Å²) in [7, 11) is 1.71. The molecule has 5 atom stereocenters. The largest absolute Gasteiger partial charge is 0.629 e. The van der Waals surface area contributed by atoms with Crippen LogP contribution in [0.1, 0.15) is 56.6 Å². The molecule has 0 radical (unpaired) electrons. The molecule has 2 aromatic carbocycles. The molecule has 0 saturated heterocycles. The number of thioether (sulfide) groups is 1. The number of nitrogens with one attached hydrogen (secondary N) is 1. The van der Waals surface area contributed by atoms with Gasteiger partial charge in [0.2, 0.25) is 0 Å². The molecule has 1 N–H and O–H groups in total. The van der Waals surface area contributed by atoms with E-state index in [0.717, 1.165) is 24.1 Å². The molecule has 3 nitrogen and oxygen atoms in total. The third kappa shape index (κ3) is 3.69. The van der Waals surface area contributed by atoms with Crippen molar-refractivity contribution in [1.82, 2.24) is 4.57 Å². The lowest BCUT2D eigenvalue weighted by Crippen LogP contribution is -2.98. The summed E-state index contributed by atoms with van der Waals surface area (Å²) in [5.41, 5.74) is 5.69. The number of nitrogens with zero attached hydrogens (tertiary/aromatic N) is 1. The molecule has 3 aliphatic rings. The quantitative estimate of drug-likeness (QED) is 0.348. The first kappa shape index (κ1) is 21.3. The molecule has 4 heteroatoms. The molecule has 1 aliphatic heterocycles. The molecule has 2 heterocycles. The zero-order chi connectivity index (χ0) is 22.5. The molecule has 0 fully saturated rings. The van der Waals surface area contributed by atoms with Crippen molar-refractivity contribution in [3.63, 3.8) is 0 Å². The van der Waals surface area contributed by atoms with E-state index in [2.05, 4.69) is 78.4 Å². The molecular formula is C29H32N2OS. The zero-order valence-corrected chi connectivity index (χ0v) is 20.3. The Balaban J connectivity index is 1.45. The van der Waals surface area contributed by atoms with Crippen molar-refractivity contribution in [2.45, 2.75) is 61.1 Å². The fraction of sp³-hybridized carbons (Fsp3) is 0.379. The Morgan fingerprint density at radius 2 is 1.91 bits per heavy atom. The second kappa shape index (κ2) is 8.50. The first-order chi connectivity index (χ1) is 16.1. The van der Waals surface area contributed by atoms with Gasteiger partial charge in [-0.25, -0.2) is 0 Å². The molecule has 0 spiro atoms. The fourth-order valence-electron chi connectivity index (χ4n) is 6.04. The van der Waals surface area contributed by atoms with Crippen LogP contribution < -0.4 is 5.06 Å². The number of benzene rings is 2. The number of rotatable bonds is 3. The van der Waals surface area contributed by atoms with Crippen molar-refractivity contribution in [3.8, 4) is 11.1 Å². The average Bonchev–Trinajstić information content (AvgIpc) is 3.33. The second-order valence-corrected chi connectivity index (χ2v) is 11.3. The van der Waals surface area contributed by atoms with Crippen LogP contribution in [0.25, 0.3) is 22.0 Å². The summed E-state index contributed by atoms with van der Waals surface area (Å²) in [6, 6.07) is 13.9. The predicted octanol–water partition coefficient (Wildman–Crippen LogP) is 6.78. The van der Waals surface area contributed by atoms with Gasteiger partial charge in [-0.15, -0.1) is 11.8 Å². The number of hydrogen-bond acceptors (Lipinski definition) is 2. The lowest BCUT2D eigenvalue weighted by atomic mass is 9.87. The Kier molecular flexibility index (Phi) is 5.48. The smallest absolute Gasteiger partial charge is 0.141 e. The number of quaternary nitrogens is 1. The minimum Gasteiger partial charge on any atom is -0.629 e. The highest BCUT2D eigenvalue weighted by atomic mass is 32.2. The highest BCUT2D eigenvalue weighted by Crippen LogP contribution is 2.51. The normalized spacial score (nSPS) is 27.4. The third-order valence-electron chi connectivity index (χ3n) is 7.91. The Morgan fingerprint density at radius 1 is 1.03 bits per heavy atom. The SMILES string of the molecule is CC1CCC=CCC1n1ccc2cc(-c3ccc4c(c3)C3C=CCCC3S4)c([NH+](C)[O-])cc21. The summed E-state index contributed by atoms with van der Waals surface area (Å²) in [6.07, 6.45) is 17.5. The molecule has 33 heavy (non-hydrogen) atoms. The van der Waals surface area contributed by atoms with Crippen molar-refractivity contribution in [2.24, 2.45) is 5.92 Å². The summed E-state index contributed by atoms with van der Waals surface area (Å²) in [5.74, 6) is 1.12. The first-order valence-electron chi connectivity index (χ1n) is 12.4. The lowest BCUT2D eigenvalue weighted by Gasteiger charge is -2.25. The topological polar surface area (TPSA) is 32.4 Å². The van der Waals surface area contributed by atoms with E-state index in [1.807, 2.05) is 11.8 Å². The number of allylic oxidation sites excluding steroid dienone is 4. The van der Waals surface area contributed by atoms with Gasteiger partial charge in [0.05, 0.1) is 12.6 Å². The molecule has 6 rings (SSSR count). The van der Waals surface area contributed by atoms with E-state index in [0.29, 0.717) is 23.1 Å². The van der Waals surface area contributed by atoms with Crippen LogP contribution in [0.3, 0.4) is 0 Å². The second-order valence-electron chi connectivity index (χ2n) is 10.0. The molecule has 0 saturated carbocycles. The molecule has 1 aromatic heterocycles. The molecule has 0 bridgehead atoms. The molecular weight excluding hydrogens is 424 g/mol. The monoisotopic (exact) mass is 456 g/mol. The van der Waals surface area contributed by atoms with Crippen molar-refractivity contribution in [2.75, 3.05) is 7.05 Å². The summed E-state index contributed by atoms with van der Waals surface area (Å²) >= 11 is 2.03.